The van der Waals surface area contributed by atoms with Crippen LogP contribution in [0.15, 0.2) is 375 Å². The molecule has 5 aromatic heterocycles. The summed E-state index contributed by atoms with van der Waals surface area (Å²) in [6, 6.07) is 113. The lowest BCUT2D eigenvalue weighted by Crippen LogP contribution is -2.14. The Balaban J connectivity index is 0.000000107. The lowest BCUT2D eigenvalue weighted by molar-refractivity contribution is 0.593. The van der Waals surface area contributed by atoms with Crippen molar-refractivity contribution < 1.29 is 25.3 Å². The van der Waals surface area contributed by atoms with Crippen molar-refractivity contribution in [2.75, 3.05) is 0 Å². The second kappa shape index (κ2) is 25.0. The van der Waals surface area contributed by atoms with E-state index in [0.29, 0.717) is 79.5 Å². The fraction of sp³-hybridized carbons (Fsp3) is 0. The third-order valence-electron chi connectivity index (χ3n) is 20.4. The Morgan fingerprint density at radius 3 is 0.944 bits per heavy atom. The van der Waals surface area contributed by atoms with Gasteiger partial charge in [-0.15, -0.1) is 11.3 Å². The maximum atomic E-state index is 13.5. The van der Waals surface area contributed by atoms with Crippen molar-refractivity contribution in [3.05, 3.63) is 346 Å². The summed E-state index contributed by atoms with van der Waals surface area (Å²) in [5.41, 5.74) is 18.6. The third-order valence-corrected chi connectivity index (χ3v) is 27.1. The van der Waals surface area contributed by atoms with Gasteiger partial charge in [-0.2, -0.15) is 0 Å². The highest BCUT2D eigenvalue weighted by molar-refractivity contribution is 7.92. The number of hydrogen-bond donors (Lipinski definition) is 0. The number of sulfone groups is 3. The fourth-order valence-corrected chi connectivity index (χ4v) is 21.5. The van der Waals surface area contributed by atoms with E-state index in [1.165, 1.54) is 26.1 Å². The second-order valence-electron chi connectivity index (χ2n) is 26.7. The molecule has 22 rings (SSSR count). The molecular weight excluding hydrogens is 1420 g/mol. The summed E-state index contributed by atoms with van der Waals surface area (Å²) in [6.45, 7) is 0. The Morgan fingerprint density at radius 2 is 0.537 bits per heavy atom. The van der Waals surface area contributed by atoms with E-state index in [1.54, 1.807) is 84.1 Å². The standard InChI is InChI=1S/C31H19N3O2S.C31H20N2O2S.C29H18N2O2S2/c35-37(36)28-14-6-5-13-27(28)34-30-24(10-7-15-29(30)37)32-31(34)20-16-18-21(19-17-20)33-25-11-3-1-8-22(25)23-9-2-4-12-26(23)33;34-36(35)28-16-8-7-15-27(28)33-30-26(14-9-17-29(30)36)32-31(33)25-19-23(21-10-3-1-4-11-21)18-24(20-25)22-12-5-2-6-13-22;32-35(33)26-11-5-4-10-23(26)31-28-22(9-6-12-27(28)35)30-29(31)21-15-13-20(14-16-21)25-18-17-24(34-25)19-7-2-1-3-8-19/h1-19H;1-20H;1-18H. The largest absolute Gasteiger partial charge is 0.309 e. The van der Waals surface area contributed by atoms with Crippen LogP contribution in [0.25, 0.3) is 155 Å². The Kier molecular flexibility index (Phi) is 14.9. The topological polar surface area (TPSA) is 161 Å². The molecule has 0 amide bonds. The summed E-state index contributed by atoms with van der Waals surface area (Å²) >= 11 is 1.77. The van der Waals surface area contributed by atoms with Crippen LogP contribution in [0.2, 0.25) is 0 Å². The van der Waals surface area contributed by atoms with Crippen molar-refractivity contribution in [2.45, 2.75) is 29.4 Å². The molecule has 108 heavy (non-hydrogen) atoms. The van der Waals surface area contributed by atoms with Crippen LogP contribution in [0.5, 0.6) is 0 Å². The van der Waals surface area contributed by atoms with Gasteiger partial charge in [0.15, 0.2) is 0 Å². The Bertz CT molecular complexity index is 7160. The maximum absolute atomic E-state index is 13.5. The molecule has 0 fully saturated rings. The van der Waals surface area contributed by atoms with Crippen molar-refractivity contribution in [3.63, 3.8) is 0 Å². The SMILES string of the molecule is O=S1(=O)c2ccccc2-n2c(-c3cc(-c4ccccc4)cc(-c4ccccc4)c3)nc3cccc1c32.O=S1(=O)c2ccccc2-n2c(-c3ccc(-c4ccc(-c5ccccc5)s4)cc3)nc3cccc1c32.O=S1(=O)c2ccccc2-n2c(-c3ccc(-n4c5ccccc5c5ccccc54)cc3)nc3cccc1c32. The molecule has 3 aliphatic rings. The van der Waals surface area contributed by atoms with Crippen LogP contribution < -0.4 is 0 Å². The summed E-state index contributed by atoms with van der Waals surface area (Å²) in [7, 11) is -10.9. The summed E-state index contributed by atoms with van der Waals surface area (Å²) in [4.78, 5) is 19.0. The van der Waals surface area contributed by atoms with E-state index in [-0.39, 0.29) is 0 Å². The van der Waals surface area contributed by atoms with Crippen molar-refractivity contribution in [1.29, 1.82) is 0 Å². The van der Waals surface area contributed by atoms with E-state index in [9.17, 15) is 25.3 Å². The lowest BCUT2D eigenvalue weighted by atomic mass is 9.96. The summed E-state index contributed by atoms with van der Waals surface area (Å²) in [6.07, 6.45) is 0. The number of nitrogens with zero attached hydrogens (tertiary/aromatic N) is 7. The molecular formula is C91H57N7O6S4. The average molecular weight is 1470 g/mol. The highest BCUT2D eigenvalue weighted by atomic mass is 32.2. The molecule has 516 valence electrons. The number of benzene rings is 14. The third kappa shape index (κ3) is 10.2. The summed E-state index contributed by atoms with van der Waals surface area (Å²) in [5.74, 6) is 2.17. The molecule has 0 atom stereocenters. The number of imidazole rings is 3. The van der Waals surface area contributed by atoms with E-state index in [1.807, 2.05) is 111 Å². The first-order valence-corrected chi connectivity index (χ1v) is 40.3. The molecule has 8 heterocycles. The zero-order valence-corrected chi connectivity index (χ0v) is 60.4. The van der Waals surface area contributed by atoms with Crippen molar-refractivity contribution >= 4 is 95.8 Å². The molecule has 19 aromatic rings. The molecule has 0 unspecified atom stereocenters. The average Bonchev–Trinajstić information content (AvgIpc) is 1.51. The molecule has 17 heteroatoms. The Morgan fingerprint density at radius 1 is 0.231 bits per heavy atom. The normalized spacial score (nSPS) is 13.6. The van der Waals surface area contributed by atoms with Gasteiger partial charge in [0.2, 0.25) is 29.5 Å². The summed E-state index contributed by atoms with van der Waals surface area (Å²) in [5, 5.41) is 2.44. The molecule has 13 nitrogen and oxygen atoms in total. The predicted octanol–water partition coefficient (Wildman–Crippen LogP) is 21.3. The fourth-order valence-electron chi connectivity index (χ4n) is 15.5. The van der Waals surface area contributed by atoms with Crippen molar-refractivity contribution in [2.24, 2.45) is 0 Å². The van der Waals surface area contributed by atoms with Crippen LogP contribution in [0.4, 0.5) is 0 Å². The highest BCUT2D eigenvalue weighted by Gasteiger charge is 2.37. The molecule has 3 aliphatic heterocycles. The van der Waals surface area contributed by atoms with Crippen molar-refractivity contribution in [3.8, 4) is 100 Å². The number of rotatable bonds is 8. The van der Waals surface area contributed by atoms with E-state index in [2.05, 4.69) is 180 Å². The van der Waals surface area contributed by atoms with Gasteiger partial charge in [-0.25, -0.2) is 40.2 Å². The van der Waals surface area contributed by atoms with E-state index < -0.39 is 29.5 Å². The van der Waals surface area contributed by atoms with Gasteiger partial charge in [0.1, 0.15) is 17.5 Å². The lowest BCUT2D eigenvalue weighted by Gasteiger charge is -2.21. The molecule has 0 spiro atoms. The van der Waals surface area contributed by atoms with E-state index in [4.69, 9.17) is 15.0 Å². The second-order valence-corrected chi connectivity index (χ2v) is 33.4. The number of fused-ring (bicyclic) bond motifs is 9. The first-order valence-electron chi connectivity index (χ1n) is 35.0. The highest BCUT2D eigenvalue weighted by Crippen LogP contribution is 2.47. The van der Waals surface area contributed by atoms with Gasteiger partial charge in [0.25, 0.3) is 0 Å². The minimum atomic E-state index is -3.64. The number of hydrogen-bond acceptors (Lipinski definition) is 10. The molecule has 0 saturated carbocycles. The minimum absolute atomic E-state index is 0.292. The summed E-state index contributed by atoms with van der Waals surface area (Å²) < 4.78 is 88.5. The van der Waals surface area contributed by atoms with Gasteiger partial charge < -0.3 is 4.57 Å². The molecule has 0 saturated heterocycles. The minimum Gasteiger partial charge on any atom is -0.309 e. The van der Waals surface area contributed by atoms with Crippen LogP contribution in [-0.2, 0) is 29.5 Å². The van der Waals surface area contributed by atoms with Crippen LogP contribution >= 0.6 is 11.3 Å². The van der Waals surface area contributed by atoms with Gasteiger partial charge in [-0.1, -0.05) is 206 Å². The number of para-hydroxylation sites is 8. The van der Waals surface area contributed by atoms with Gasteiger partial charge in [0, 0.05) is 42.9 Å². The molecule has 0 N–H and O–H groups in total. The Hall–Kier alpha value is -13.2. The van der Waals surface area contributed by atoms with Gasteiger partial charge >= 0.3 is 0 Å². The zero-order valence-electron chi connectivity index (χ0n) is 57.1. The monoisotopic (exact) mass is 1470 g/mol. The first-order chi connectivity index (χ1) is 52.8. The Labute approximate surface area is 624 Å². The molecule has 14 aromatic carbocycles. The van der Waals surface area contributed by atoms with Crippen molar-refractivity contribution in [1.82, 2.24) is 33.2 Å². The van der Waals surface area contributed by atoms with Crippen LogP contribution in [0.3, 0.4) is 0 Å². The quantitative estimate of drug-likeness (QED) is 0.144. The number of thiophene rings is 1. The molecule has 0 bridgehead atoms. The first kappa shape index (κ1) is 64.4. The van der Waals surface area contributed by atoms with E-state index in [0.717, 1.165) is 78.7 Å². The van der Waals surface area contributed by atoms with Crippen LogP contribution in [0, 0.1) is 0 Å². The van der Waals surface area contributed by atoms with Gasteiger partial charge in [-0.05, 0) is 173 Å². The smallest absolute Gasteiger partial charge is 0.210 e. The number of aromatic nitrogens is 7. The predicted molar refractivity (Wildman–Crippen MR) is 430 cm³/mol. The van der Waals surface area contributed by atoms with Gasteiger partial charge in [0.05, 0.1) is 90.6 Å². The zero-order chi connectivity index (χ0) is 72.6. The maximum Gasteiger partial charge on any atom is 0.210 e. The van der Waals surface area contributed by atoms with Gasteiger partial charge in [-0.3, -0.25) is 13.7 Å². The van der Waals surface area contributed by atoms with E-state index >= 15 is 0 Å². The van der Waals surface area contributed by atoms with Crippen LogP contribution in [-0.4, -0.2) is 58.5 Å². The van der Waals surface area contributed by atoms with Crippen LogP contribution in [0.1, 0.15) is 0 Å². The molecule has 0 aliphatic carbocycles. The molecule has 0 radical (unpaired) electrons.